The monoisotopic (exact) mass is 732 g/mol. The van der Waals surface area contributed by atoms with Crippen molar-refractivity contribution in [3.05, 3.63) is 194 Å². The summed E-state index contributed by atoms with van der Waals surface area (Å²) in [7, 11) is 0. The average molecular weight is 733 g/mol. The minimum atomic E-state index is 0.641. The maximum atomic E-state index is 5.17. The van der Waals surface area contributed by atoms with E-state index in [9.17, 15) is 0 Å². The number of hydrogen-bond acceptors (Lipinski definition) is 4. The molecule has 11 aromatic rings. The Bertz CT molecular complexity index is 3200. The maximum Gasteiger partial charge on any atom is 0.164 e. The first-order valence-electron chi connectivity index (χ1n) is 18.8. The molecule has 56 heavy (non-hydrogen) atoms. The summed E-state index contributed by atoms with van der Waals surface area (Å²) >= 11 is 1.82. The first-order valence-corrected chi connectivity index (χ1v) is 19.6. The molecule has 0 aliphatic heterocycles. The van der Waals surface area contributed by atoms with Gasteiger partial charge < -0.3 is 4.57 Å². The third-order valence-corrected chi connectivity index (χ3v) is 11.8. The third kappa shape index (κ3) is 5.40. The van der Waals surface area contributed by atoms with Gasteiger partial charge in [0.1, 0.15) is 0 Å². The molecule has 0 bridgehead atoms. The molecule has 0 fully saturated rings. The molecule has 3 heterocycles. The molecule has 0 aliphatic carbocycles. The highest BCUT2D eigenvalue weighted by Crippen LogP contribution is 2.44. The molecule has 4 nitrogen and oxygen atoms in total. The zero-order chi connectivity index (χ0) is 37.0. The molecule has 0 saturated heterocycles. The highest BCUT2D eigenvalue weighted by Gasteiger charge is 2.19. The van der Waals surface area contributed by atoms with E-state index in [1.54, 1.807) is 0 Å². The Balaban J connectivity index is 1.10. The van der Waals surface area contributed by atoms with Gasteiger partial charge in [0.15, 0.2) is 17.5 Å². The zero-order valence-corrected chi connectivity index (χ0v) is 31.0. The molecule has 0 unspecified atom stereocenters. The van der Waals surface area contributed by atoms with Crippen LogP contribution < -0.4 is 0 Å². The fraction of sp³-hybridized carbons (Fsp3) is 0. The van der Waals surface area contributed by atoms with Gasteiger partial charge in [0.25, 0.3) is 0 Å². The molecule has 3 aromatic heterocycles. The Kier molecular flexibility index (Phi) is 7.64. The van der Waals surface area contributed by atoms with E-state index in [-0.39, 0.29) is 0 Å². The topological polar surface area (TPSA) is 43.6 Å². The number of thiophene rings is 1. The quantitative estimate of drug-likeness (QED) is 0.171. The largest absolute Gasteiger partial charge is 0.309 e. The molecule has 0 radical (unpaired) electrons. The molecular formula is C51H32N4S. The summed E-state index contributed by atoms with van der Waals surface area (Å²) in [5, 5.41) is 4.92. The number of rotatable bonds is 6. The molecule has 8 aromatic carbocycles. The van der Waals surface area contributed by atoms with Crippen LogP contribution in [0.25, 0.3) is 104 Å². The van der Waals surface area contributed by atoms with E-state index in [1.165, 1.54) is 53.1 Å². The summed E-state index contributed by atoms with van der Waals surface area (Å²) in [6.07, 6.45) is 0. The van der Waals surface area contributed by atoms with Crippen molar-refractivity contribution in [3.8, 4) is 62.1 Å². The van der Waals surface area contributed by atoms with Crippen molar-refractivity contribution < 1.29 is 0 Å². The lowest BCUT2D eigenvalue weighted by molar-refractivity contribution is 1.07. The van der Waals surface area contributed by atoms with Crippen LogP contribution >= 0.6 is 11.3 Å². The van der Waals surface area contributed by atoms with Gasteiger partial charge >= 0.3 is 0 Å². The Labute approximate surface area is 327 Å². The SMILES string of the molecule is c1ccc(-c2cccc(-c3nc(-c4ccccc4)nc(-c4ccc5sc6cccc(-c7ccccc7-n7c8ccccc8c8ccccc87)c6c5c4)n3)c2)cc1. The molecular weight excluding hydrogens is 701 g/mol. The van der Waals surface area contributed by atoms with Gasteiger partial charge in [-0.15, -0.1) is 11.3 Å². The van der Waals surface area contributed by atoms with Gasteiger partial charge in [-0.2, -0.15) is 0 Å². The summed E-state index contributed by atoms with van der Waals surface area (Å²) in [6.45, 7) is 0. The second kappa shape index (κ2) is 13.3. The number of para-hydroxylation sites is 3. The first kappa shape index (κ1) is 32.2. The zero-order valence-electron chi connectivity index (χ0n) is 30.2. The Morgan fingerprint density at radius 1 is 0.339 bits per heavy atom. The van der Waals surface area contributed by atoms with Gasteiger partial charge in [-0.3, -0.25) is 0 Å². The van der Waals surface area contributed by atoms with Gasteiger partial charge in [0.05, 0.1) is 16.7 Å². The van der Waals surface area contributed by atoms with Crippen LogP contribution in [0.5, 0.6) is 0 Å². The Morgan fingerprint density at radius 2 is 0.875 bits per heavy atom. The number of nitrogens with zero attached hydrogens (tertiary/aromatic N) is 4. The van der Waals surface area contributed by atoms with Crippen LogP contribution in [0, 0.1) is 0 Å². The van der Waals surface area contributed by atoms with Crippen molar-refractivity contribution in [1.82, 2.24) is 19.5 Å². The molecule has 262 valence electrons. The van der Waals surface area contributed by atoms with E-state index in [0.717, 1.165) is 33.5 Å². The van der Waals surface area contributed by atoms with Crippen molar-refractivity contribution in [1.29, 1.82) is 0 Å². The second-order valence-corrected chi connectivity index (χ2v) is 15.1. The summed E-state index contributed by atoms with van der Waals surface area (Å²) in [6, 6.07) is 68.6. The minimum Gasteiger partial charge on any atom is -0.309 e. The average Bonchev–Trinajstić information content (AvgIpc) is 3.82. The van der Waals surface area contributed by atoms with Gasteiger partial charge in [-0.25, -0.2) is 15.0 Å². The molecule has 0 spiro atoms. The first-order chi connectivity index (χ1) is 27.8. The predicted molar refractivity (Wildman–Crippen MR) is 234 cm³/mol. The molecule has 5 heteroatoms. The van der Waals surface area contributed by atoms with Crippen LogP contribution in [0.15, 0.2) is 194 Å². The molecule has 0 saturated carbocycles. The third-order valence-electron chi connectivity index (χ3n) is 10.7. The van der Waals surface area contributed by atoms with Crippen LogP contribution in [0.4, 0.5) is 0 Å². The van der Waals surface area contributed by atoms with Crippen LogP contribution in [0.3, 0.4) is 0 Å². The van der Waals surface area contributed by atoms with Gasteiger partial charge in [-0.1, -0.05) is 146 Å². The highest BCUT2D eigenvalue weighted by atomic mass is 32.1. The molecule has 0 aliphatic rings. The lowest BCUT2D eigenvalue weighted by Crippen LogP contribution is -2.00. The number of hydrogen-bond donors (Lipinski definition) is 0. The van der Waals surface area contributed by atoms with E-state index in [0.29, 0.717) is 17.5 Å². The standard InChI is InChI=1S/C51H32N4S/c1-3-15-33(16-4-1)35-19-13-20-36(31-35)50-52-49(34-17-5-2-6-18-34)53-51(54-50)37-29-30-46-42(32-37)48-41(24-14-28-47(48)56-46)40-23-9-12-27-45(40)55-43-25-10-7-21-38(43)39-22-8-11-26-44(39)55/h1-32H. The van der Waals surface area contributed by atoms with Crippen molar-refractivity contribution in [2.24, 2.45) is 0 Å². The Hall–Kier alpha value is -7.21. The molecule has 0 N–H and O–H groups in total. The summed E-state index contributed by atoms with van der Waals surface area (Å²) < 4.78 is 4.88. The summed E-state index contributed by atoms with van der Waals surface area (Å²) in [4.78, 5) is 15.3. The van der Waals surface area contributed by atoms with Crippen LogP contribution in [-0.2, 0) is 0 Å². The number of aromatic nitrogens is 4. The van der Waals surface area contributed by atoms with Crippen molar-refractivity contribution >= 4 is 53.3 Å². The van der Waals surface area contributed by atoms with E-state index in [2.05, 4.69) is 174 Å². The van der Waals surface area contributed by atoms with Gasteiger partial charge in [0, 0.05) is 53.2 Å². The second-order valence-electron chi connectivity index (χ2n) is 14.0. The van der Waals surface area contributed by atoms with Crippen LogP contribution in [0.1, 0.15) is 0 Å². The Morgan fingerprint density at radius 3 is 1.61 bits per heavy atom. The number of benzene rings is 8. The fourth-order valence-corrected chi connectivity index (χ4v) is 9.20. The lowest BCUT2D eigenvalue weighted by atomic mass is 9.97. The predicted octanol–water partition coefficient (Wildman–Crippen LogP) is 13.7. The summed E-state index contributed by atoms with van der Waals surface area (Å²) in [5.41, 5.74) is 11.0. The van der Waals surface area contributed by atoms with Crippen molar-refractivity contribution in [3.63, 3.8) is 0 Å². The number of fused-ring (bicyclic) bond motifs is 6. The fourth-order valence-electron chi connectivity index (χ4n) is 8.09. The van der Waals surface area contributed by atoms with E-state index < -0.39 is 0 Å². The van der Waals surface area contributed by atoms with Crippen LogP contribution in [0.2, 0.25) is 0 Å². The van der Waals surface area contributed by atoms with Gasteiger partial charge in [-0.05, 0) is 65.2 Å². The molecule has 0 amide bonds. The van der Waals surface area contributed by atoms with Crippen molar-refractivity contribution in [2.45, 2.75) is 0 Å². The summed E-state index contributed by atoms with van der Waals surface area (Å²) in [5.74, 6) is 1.93. The van der Waals surface area contributed by atoms with E-state index in [1.807, 2.05) is 35.6 Å². The van der Waals surface area contributed by atoms with E-state index in [4.69, 9.17) is 15.0 Å². The highest BCUT2D eigenvalue weighted by molar-refractivity contribution is 7.26. The minimum absolute atomic E-state index is 0.641. The lowest BCUT2D eigenvalue weighted by Gasteiger charge is -2.15. The molecule has 11 rings (SSSR count). The normalized spacial score (nSPS) is 11.6. The molecule has 0 atom stereocenters. The maximum absolute atomic E-state index is 5.17. The van der Waals surface area contributed by atoms with Gasteiger partial charge in [0.2, 0.25) is 0 Å². The van der Waals surface area contributed by atoms with Crippen LogP contribution in [-0.4, -0.2) is 19.5 Å². The smallest absolute Gasteiger partial charge is 0.164 e. The van der Waals surface area contributed by atoms with E-state index >= 15 is 0 Å². The van der Waals surface area contributed by atoms with Crippen molar-refractivity contribution in [2.75, 3.05) is 0 Å².